The van der Waals surface area contributed by atoms with Gasteiger partial charge in [0.25, 0.3) is 0 Å². The largest absolute Gasteiger partial charge is 0.486 e. The molecule has 0 aromatic heterocycles. The van der Waals surface area contributed by atoms with E-state index in [9.17, 15) is 9.18 Å². The highest BCUT2D eigenvalue weighted by Gasteiger charge is 2.23. The van der Waals surface area contributed by atoms with Gasteiger partial charge in [-0.05, 0) is 67.0 Å². The summed E-state index contributed by atoms with van der Waals surface area (Å²) in [6.07, 6.45) is 4.06. The molecule has 2 aromatic carbocycles. The monoisotopic (exact) mass is 383 g/mol. The number of benzene rings is 2. The number of hydrogen-bond acceptors (Lipinski definition) is 3. The number of ether oxygens (including phenoxy) is 2. The number of fused-ring (bicyclic) bond motifs is 1. The summed E-state index contributed by atoms with van der Waals surface area (Å²) in [5.74, 6) is 2.10. The standard InChI is InChI=1S/C23H26FNO3/c24-20-3-1-2-19(15-20)14-18-8-10-25(11-9-18)23(26)7-5-17-4-6-21-22(16-17)28-13-12-27-21/h1-4,6,15-16,18H,5,7-14H2. The number of piperidine rings is 1. The molecule has 4 nitrogen and oxygen atoms in total. The van der Waals surface area contributed by atoms with Crippen LogP contribution in [0.1, 0.15) is 30.4 Å². The molecule has 0 bridgehead atoms. The van der Waals surface area contributed by atoms with E-state index in [1.807, 2.05) is 29.2 Å². The van der Waals surface area contributed by atoms with Gasteiger partial charge in [-0.3, -0.25) is 4.79 Å². The normalized spacial score (nSPS) is 16.8. The van der Waals surface area contributed by atoms with Crippen LogP contribution in [-0.4, -0.2) is 37.1 Å². The number of likely N-dealkylation sites (tertiary alicyclic amines) is 1. The van der Waals surface area contributed by atoms with E-state index in [1.165, 1.54) is 6.07 Å². The zero-order valence-electron chi connectivity index (χ0n) is 16.0. The molecule has 0 radical (unpaired) electrons. The molecule has 5 heteroatoms. The fraction of sp³-hybridized carbons (Fsp3) is 0.435. The first-order valence-electron chi connectivity index (χ1n) is 10.1. The lowest BCUT2D eigenvalue weighted by Crippen LogP contribution is -2.39. The van der Waals surface area contributed by atoms with Gasteiger partial charge in [0, 0.05) is 19.5 Å². The molecule has 28 heavy (non-hydrogen) atoms. The predicted molar refractivity (Wildman–Crippen MR) is 105 cm³/mol. The quantitative estimate of drug-likeness (QED) is 0.783. The highest BCUT2D eigenvalue weighted by Crippen LogP contribution is 2.31. The highest BCUT2D eigenvalue weighted by molar-refractivity contribution is 5.76. The van der Waals surface area contributed by atoms with Crippen molar-refractivity contribution in [1.29, 1.82) is 0 Å². The molecule has 1 fully saturated rings. The van der Waals surface area contributed by atoms with E-state index >= 15 is 0 Å². The number of rotatable bonds is 5. The molecule has 0 N–H and O–H groups in total. The van der Waals surface area contributed by atoms with Gasteiger partial charge in [0.1, 0.15) is 19.0 Å². The maximum Gasteiger partial charge on any atom is 0.222 e. The van der Waals surface area contributed by atoms with Crippen LogP contribution in [0.25, 0.3) is 0 Å². The molecule has 0 aliphatic carbocycles. The second kappa shape index (κ2) is 8.63. The van der Waals surface area contributed by atoms with Crippen LogP contribution in [-0.2, 0) is 17.6 Å². The number of amides is 1. The van der Waals surface area contributed by atoms with Gasteiger partial charge in [-0.25, -0.2) is 4.39 Å². The van der Waals surface area contributed by atoms with E-state index < -0.39 is 0 Å². The van der Waals surface area contributed by atoms with E-state index in [0.29, 0.717) is 32.0 Å². The second-order valence-electron chi connectivity index (χ2n) is 7.64. The van der Waals surface area contributed by atoms with Crippen molar-refractivity contribution in [2.45, 2.75) is 32.1 Å². The van der Waals surface area contributed by atoms with Gasteiger partial charge in [0.15, 0.2) is 11.5 Å². The van der Waals surface area contributed by atoms with Gasteiger partial charge in [-0.15, -0.1) is 0 Å². The van der Waals surface area contributed by atoms with Crippen LogP contribution >= 0.6 is 0 Å². The summed E-state index contributed by atoms with van der Waals surface area (Å²) >= 11 is 0. The van der Waals surface area contributed by atoms with E-state index in [2.05, 4.69) is 0 Å². The summed E-state index contributed by atoms with van der Waals surface area (Å²) in [6, 6.07) is 12.7. The van der Waals surface area contributed by atoms with Crippen molar-refractivity contribution in [3.8, 4) is 11.5 Å². The van der Waals surface area contributed by atoms with Crippen LogP contribution < -0.4 is 9.47 Å². The van der Waals surface area contributed by atoms with E-state index in [1.54, 1.807) is 12.1 Å². The molecule has 2 heterocycles. The Morgan fingerprint density at radius 1 is 1.00 bits per heavy atom. The van der Waals surface area contributed by atoms with Gasteiger partial charge >= 0.3 is 0 Å². The van der Waals surface area contributed by atoms with Crippen LogP contribution in [0.4, 0.5) is 4.39 Å². The van der Waals surface area contributed by atoms with Crippen molar-refractivity contribution in [2.75, 3.05) is 26.3 Å². The van der Waals surface area contributed by atoms with E-state index in [-0.39, 0.29) is 11.7 Å². The van der Waals surface area contributed by atoms with Crippen molar-refractivity contribution >= 4 is 5.91 Å². The first kappa shape index (κ1) is 18.8. The lowest BCUT2D eigenvalue weighted by molar-refractivity contribution is -0.132. The Hall–Kier alpha value is -2.56. The average Bonchev–Trinajstić information content (AvgIpc) is 2.72. The number of carbonyl (C=O) groups is 1. The van der Waals surface area contributed by atoms with Crippen LogP contribution in [0, 0.1) is 11.7 Å². The maximum atomic E-state index is 13.3. The minimum absolute atomic E-state index is 0.177. The van der Waals surface area contributed by atoms with Gasteiger partial charge in [0.05, 0.1) is 0 Å². The Labute approximate surface area is 165 Å². The van der Waals surface area contributed by atoms with Crippen molar-refractivity contribution in [1.82, 2.24) is 4.90 Å². The fourth-order valence-corrected chi connectivity index (χ4v) is 4.04. The van der Waals surface area contributed by atoms with Gasteiger partial charge in [-0.1, -0.05) is 18.2 Å². The third kappa shape index (κ3) is 4.64. The molecule has 4 rings (SSSR count). The average molecular weight is 383 g/mol. The highest BCUT2D eigenvalue weighted by atomic mass is 19.1. The zero-order valence-corrected chi connectivity index (χ0v) is 16.0. The first-order chi connectivity index (χ1) is 13.7. The topological polar surface area (TPSA) is 38.8 Å². The summed E-state index contributed by atoms with van der Waals surface area (Å²) in [6.45, 7) is 2.74. The SMILES string of the molecule is O=C(CCc1ccc2c(c1)OCCO2)N1CCC(Cc2cccc(F)c2)CC1. The molecular formula is C23H26FNO3. The number of nitrogens with zero attached hydrogens (tertiary/aromatic N) is 1. The van der Waals surface area contributed by atoms with Crippen LogP contribution in [0.2, 0.25) is 0 Å². The van der Waals surface area contributed by atoms with Gasteiger partial charge in [-0.2, -0.15) is 0 Å². The van der Waals surface area contributed by atoms with Crippen LogP contribution in [0.5, 0.6) is 11.5 Å². The van der Waals surface area contributed by atoms with Crippen molar-refractivity contribution in [3.63, 3.8) is 0 Å². The molecule has 0 saturated carbocycles. The van der Waals surface area contributed by atoms with Crippen LogP contribution in [0.15, 0.2) is 42.5 Å². The minimum Gasteiger partial charge on any atom is -0.486 e. The van der Waals surface area contributed by atoms with E-state index in [4.69, 9.17) is 9.47 Å². The van der Waals surface area contributed by atoms with Crippen molar-refractivity contribution < 1.29 is 18.7 Å². The Morgan fingerprint density at radius 2 is 1.79 bits per heavy atom. The molecule has 1 amide bonds. The lowest BCUT2D eigenvalue weighted by Gasteiger charge is -2.32. The predicted octanol–water partition coefficient (Wildman–Crippen LogP) is 4.01. The molecule has 2 aliphatic heterocycles. The zero-order chi connectivity index (χ0) is 19.3. The Bertz CT molecular complexity index is 830. The lowest BCUT2D eigenvalue weighted by atomic mass is 9.90. The van der Waals surface area contributed by atoms with E-state index in [0.717, 1.165) is 55.0 Å². The summed E-state index contributed by atoms with van der Waals surface area (Å²) in [4.78, 5) is 14.6. The molecule has 0 atom stereocenters. The molecule has 0 unspecified atom stereocenters. The number of halogens is 1. The van der Waals surface area contributed by atoms with Gasteiger partial charge in [0.2, 0.25) is 5.91 Å². The van der Waals surface area contributed by atoms with Crippen LogP contribution in [0.3, 0.4) is 0 Å². The number of carbonyl (C=O) groups excluding carboxylic acids is 1. The molecular weight excluding hydrogens is 357 g/mol. The summed E-state index contributed by atoms with van der Waals surface area (Å²) in [5.41, 5.74) is 2.14. The Kier molecular flexibility index (Phi) is 5.79. The third-order valence-electron chi connectivity index (χ3n) is 5.61. The minimum atomic E-state index is -0.177. The maximum absolute atomic E-state index is 13.3. The van der Waals surface area contributed by atoms with Gasteiger partial charge < -0.3 is 14.4 Å². The number of hydrogen-bond donors (Lipinski definition) is 0. The summed E-state index contributed by atoms with van der Waals surface area (Å²) in [7, 11) is 0. The Balaban J connectivity index is 1.24. The number of aryl methyl sites for hydroxylation is 1. The molecule has 2 aromatic rings. The van der Waals surface area contributed by atoms with Crippen molar-refractivity contribution in [3.05, 3.63) is 59.4 Å². The molecule has 2 aliphatic rings. The second-order valence-corrected chi connectivity index (χ2v) is 7.64. The molecule has 148 valence electrons. The first-order valence-corrected chi connectivity index (χ1v) is 10.1. The summed E-state index contributed by atoms with van der Waals surface area (Å²) < 4.78 is 24.5. The fourth-order valence-electron chi connectivity index (χ4n) is 4.04. The third-order valence-corrected chi connectivity index (χ3v) is 5.61. The van der Waals surface area contributed by atoms with Crippen molar-refractivity contribution in [2.24, 2.45) is 5.92 Å². The Morgan fingerprint density at radius 3 is 2.57 bits per heavy atom. The summed E-state index contributed by atoms with van der Waals surface area (Å²) in [5, 5.41) is 0. The molecule has 1 saturated heterocycles. The molecule has 0 spiro atoms. The smallest absolute Gasteiger partial charge is 0.222 e.